The average molecular weight is 200 g/mol. The molecule has 0 heterocycles. The molecule has 13 heavy (non-hydrogen) atoms. The van der Waals surface area contributed by atoms with Crippen molar-refractivity contribution in [2.45, 2.75) is 18.7 Å². The van der Waals surface area contributed by atoms with Gasteiger partial charge in [0.1, 0.15) is 11.6 Å². The predicted molar refractivity (Wildman–Crippen MR) is 54.1 cm³/mol. The van der Waals surface area contributed by atoms with E-state index in [4.69, 9.17) is 4.74 Å². The van der Waals surface area contributed by atoms with Crippen LogP contribution in [-0.4, -0.2) is 12.9 Å². The number of aryl methyl sites for hydroxylation is 1. The van der Waals surface area contributed by atoms with E-state index in [1.54, 1.807) is 19.1 Å². The Morgan fingerprint density at radius 3 is 2.69 bits per heavy atom. The lowest BCUT2D eigenvalue weighted by Gasteiger charge is -2.07. The molecule has 0 radical (unpaired) electrons. The minimum Gasteiger partial charge on any atom is -0.494 e. The molecule has 1 aromatic carbocycles. The van der Waals surface area contributed by atoms with Crippen LogP contribution >= 0.6 is 11.8 Å². The van der Waals surface area contributed by atoms with Crippen LogP contribution in [0.3, 0.4) is 0 Å². The third kappa shape index (κ3) is 2.37. The van der Waals surface area contributed by atoms with Gasteiger partial charge in [0.15, 0.2) is 0 Å². The molecule has 0 atom stereocenters. The van der Waals surface area contributed by atoms with Gasteiger partial charge in [0.05, 0.1) is 6.61 Å². The predicted octanol–water partition coefficient (Wildman–Crippen LogP) is 3.25. The molecular formula is C10H13FOS. The first-order chi connectivity index (χ1) is 6.19. The van der Waals surface area contributed by atoms with E-state index in [0.29, 0.717) is 17.1 Å². The Kier molecular flexibility index (Phi) is 3.60. The summed E-state index contributed by atoms with van der Waals surface area (Å²) in [4.78, 5) is 0.642. The van der Waals surface area contributed by atoms with Crippen LogP contribution < -0.4 is 4.74 Å². The second kappa shape index (κ2) is 4.51. The summed E-state index contributed by atoms with van der Waals surface area (Å²) >= 11 is 1.39. The van der Waals surface area contributed by atoms with Crippen molar-refractivity contribution >= 4 is 11.8 Å². The van der Waals surface area contributed by atoms with Gasteiger partial charge in [0, 0.05) is 4.90 Å². The molecule has 0 spiro atoms. The second-order valence-corrected chi connectivity index (χ2v) is 3.54. The fourth-order valence-electron chi connectivity index (χ4n) is 1.10. The first-order valence-corrected chi connectivity index (χ1v) is 5.38. The van der Waals surface area contributed by atoms with Crippen molar-refractivity contribution in [3.8, 4) is 5.75 Å². The molecule has 0 aliphatic heterocycles. The first kappa shape index (κ1) is 10.4. The van der Waals surface area contributed by atoms with E-state index < -0.39 is 0 Å². The summed E-state index contributed by atoms with van der Waals surface area (Å²) in [5, 5.41) is 0. The molecule has 0 saturated heterocycles. The Bertz CT molecular complexity index is 299. The lowest BCUT2D eigenvalue weighted by atomic mass is 10.2. The number of ether oxygens (including phenoxy) is 1. The normalized spacial score (nSPS) is 10.2. The zero-order valence-electron chi connectivity index (χ0n) is 8.06. The highest BCUT2D eigenvalue weighted by atomic mass is 32.2. The van der Waals surface area contributed by atoms with Crippen LogP contribution in [0.2, 0.25) is 0 Å². The summed E-state index contributed by atoms with van der Waals surface area (Å²) in [5.74, 6) is 0.599. The van der Waals surface area contributed by atoms with Gasteiger partial charge >= 0.3 is 0 Å². The van der Waals surface area contributed by atoms with Crippen LogP contribution in [0, 0.1) is 12.7 Å². The minimum absolute atomic E-state index is 0.143. The number of benzene rings is 1. The fraction of sp³-hybridized carbons (Fsp3) is 0.400. The Morgan fingerprint density at radius 2 is 2.15 bits per heavy atom. The number of rotatable bonds is 3. The molecule has 0 aliphatic carbocycles. The Hall–Kier alpha value is -0.700. The number of hydrogen-bond acceptors (Lipinski definition) is 2. The highest BCUT2D eigenvalue weighted by Crippen LogP contribution is 2.27. The van der Waals surface area contributed by atoms with E-state index in [1.807, 2.05) is 13.2 Å². The van der Waals surface area contributed by atoms with E-state index >= 15 is 0 Å². The van der Waals surface area contributed by atoms with Crippen molar-refractivity contribution in [2.75, 3.05) is 12.9 Å². The largest absolute Gasteiger partial charge is 0.494 e. The molecule has 0 fully saturated rings. The molecule has 1 nitrogen and oxygen atoms in total. The Labute approximate surface area is 82.3 Å². The molecule has 1 rings (SSSR count). The van der Waals surface area contributed by atoms with Crippen LogP contribution in [0.4, 0.5) is 4.39 Å². The van der Waals surface area contributed by atoms with Gasteiger partial charge in [-0.25, -0.2) is 4.39 Å². The Morgan fingerprint density at radius 1 is 1.46 bits per heavy atom. The summed E-state index contributed by atoms with van der Waals surface area (Å²) in [5.41, 5.74) is 0.635. The van der Waals surface area contributed by atoms with Crippen molar-refractivity contribution in [1.29, 1.82) is 0 Å². The van der Waals surface area contributed by atoms with Crippen LogP contribution in [0.5, 0.6) is 5.75 Å². The van der Waals surface area contributed by atoms with Gasteiger partial charge in [0.25, 0.3) is 0 Å². The molecule has 3 heteroatoms. The van der Waals surface area contributed by atoms with E-state index in [9.17, 15) is 4.39 Å². The van der Waals surface area contributed by atoms with Crippen LogP contribution in [0.15, 0.2) is 17.0 Å². The van der Waals surface area contributed by atoms with Gasteiger partial charge in [-0.1, -0.05) is 0 Å². The summed E-state index contributed by atoms with van der Waals surface area (Å²) in [6, 6.07) is 3.45. The maximum atomic E-state index is 13.3. The van der Waals surface area contributed by atoms with Crippen molar-refractivity contribution in [3.05, 3.63) is 23.5 Å². The molecule has 1 aromatic rings. The molecule has 0 unspecified atom stereocenters. The van der Waals surface area contributed by atoms with Crippen LogP contribution in [-0.2, 0) is 0 Å². The van der Waals surface area contributed by atoms with Gasteiger partial charge in [-0.15, -0.1) is 11.8 Å². The number of hydrogen-bond donors (Lipinski definition) is 0. The maximum absolute atomic E-state index is 13.3. The lowest BCUT2D eigenvalue weighted by molar-refractivity contribution is 0.338. The summed E-state index contributed by atoms with van der Waals surface area (Å²) in [7, 11) is 0. The van der Waals surface area contributed by atoms with E-state index in [2.05, 4.69) is 0 Å². The molecule has 0 amide bonds. The summed E-state index contributed by atoms with van der Waals surface area (Å²) < 4.78 is 18.7. The van der Waals surface area contributed by atoms with E-state index in [0.717, 1.165) is 5.75 Å². The molecule has 0 saturated carbocycles. The zero-order chi connectivity index (χ0) is 9.84. The third-order valence-electron chi connectivity index (χ3n) is 1.73. The molecule has 0 bridgehead atoms. The van der Waals surface area contributed by atoms with Gasteiger partial charge in [0.2, 0.25) is 0 Å². The molecular weight excluding hydrogens is 187 g/mol. The van der Waals surface area contributed by atoms with Crippen molar-refractivity contribution in [1.82, 2.24) is 0 Å². The van der Waals surface area contributed by atoms with Crippen LogP contribution in [0.25, 0.3) is 0 Å². The van der Waals surface area contributed by atoms with Crippen LogP contribution in [0.1, 0.15) is 12.5 Å². The molecule has 72 valence electrons. The topological polar surface area (TPSA) is 9.23 Å². The number of halogens is 1. The minimum atomic E-state index is -0.143. The van der Waals surface area contributed by atoms with Crippen molar-refractivity contribution < 1.29 is 9.13 Å². The standard InChI is InChI=1S/C10H13FOS/c1-4-12-8-5-7(2)10(11)9(6-8)13-3/h5-6H,4H2,1-3H3. The van der Waals surface area contributed by atoms with Gasteiger partial charge in [-0.3, -0.25) is 0 Å². The first-order valence-electron chi connectivity index (χ1n) is 4.16. The van der Waals surface area contributed by atoms with E-state index in [-0.39, 0.29) is 5.82 Å². The summed E-state index contributed by atoms with van der Waals surface area (Å²) in [6.45, 7) is 4.27. The van der Waals surface area contributed by atoms with Gasteiger partial charge in [-0.2, -0.15) is 0 Å². The highest BCUT2D eigenvalue weighted by molar-refractivity contribution is 7.98. The summed E-state index contributed by atoms with van der Waals surface area (Å²) in [6.07, 6.45) is 1.85. The molecule has 0 N–H and O–H groups in total. The monoisotopic (exact) mass is 200 g/mol. The van der Waals surface area contributed by atoms with E-state index in [1.165, 1.54) is 11.8 Å². The molecule has 0 aliphatic rings. The quantitative estimate of drug-likeness (QED) is 0.693. The number of thioether (sulfide) groups is 1. The second-order valence-electron chi connectivity index (χ2n) is 2.69. The third-order valence-corrected chi connectivity index (χ3v) is 2.46. The van der Waals surface area contributed by atoms with Gasteiger partial charge in [-0.05, 0) is 37.8 Å². The van der Waals surface area contributed by atoms with Crippen molar-refractivity contribution in [3.63, 3.8) is 0 Å². The maximum Gasteiger partial charge on any atom is 0.139 e. The fourth-order valence-corrected chi connectivity index (χ4v) is 1.68. The van der Waals surface area contributed by atoms with Crippen molar-refractivity contribution in [2.24, 2.45) is 0 Å². The van der Waals surface area contributed by atoms with Gasteiger partial charge < -0.3 is 4.74 Å². The highest BCUT2D eigenvalue weighted by Gasteiger charge is 2.06. The molecule has 0 aromatic heterocycles. The average Bonchev–Trinajstić information content (AvgIpc) is 2.11. The SMILES string of the molecule is CCOc1cc(C)c(F)c(SC)c1. The lowest BCUT2D eigenvalue weighted by Crippen LogP contribution is -1.94. The Balaban J connectivity index is 3.06. The zero-order valence-corrected chi connectivity index (χ0v) is 8.87. The smallest absolute Gasteiger partial charge is 0.139 e.